The molecule has 6 heteroatoms. The Bertz CT molecular complexity index is 1150. The number of benzene rings is 2. The zero-order valence-corrected chi connectivity index (χ0v) is 24.6. The molecule has 1 saturated carbocycles. The quantitative estimate of drug-likeness (QED) is 0.143. The fourth-order valence-corrected chi connectivity index (χ4v) is 7.07. The standard InChI is InChI=1S/C34H46N2O4/c1-5-22-36-23-21-33(29-16-12-17-31(24-29)40-27(2)37)25-30(19-20-34(33,26-36)39-4)35(3)32(38)18-11-7-10-15-28-13-8-6-9-14-28/h5-6,8-9,12-14,16-17,24,30H,1,7,10-11,15,18-23,25-26H2,2-4H3/t30-,33-,34-/m0/s1. The summed E-state index contributed by atoms with van der Waals surface area (Å²) in [6, 6.07) is 18.6. The topological polar surface area (TPSA) is 59.1 Å². The van der Waals surface area contributed by atoms with Gasteiger partial charge in [-0.3, -0.25) is 14.5 Å². The van der Waals surface area contributed by atoms with Crippen LogP contribution in [0.2, 0.25) is 0 Å². The Balaban J connectivity index is 1.48. The second kappa shape index (κ2) is 13.6. The monoisotopic (exact) mass is 546 g/mol. The van der Waals surface area contributed by atoms with Crippen LogP contribution >= 0.6 is 0 Å². The van der Waals surface area contributed by atoms with Gasteiger partial charge in [-0.2, -0.15) is 0 Å². The van der Waals surface area contributed by atoms with E-state index in [0.717, 1.165) is 76.6 Å². The summed E-state index contributed by atoms with van der Waals surface area (Å²) >= 11 is 0. The van der Waals surface area contributed by atoms with Crippen molar-refractivity contribution in [1.29, 1.82) is 0 Å². The number of aryl methyl sites for hydroxylation is 1. The molecule has 0 unspecified atom stereocenters. The highest BCUT2D eigenvalue weighted by atomic mass is 16.5. The van der Waals surface area contributed by atoms with E-state index in [2.05, 4.69) is 41.8 Å². The minimum atomic E-state index is -0.402. The summed E-state index contributed by atoms with van der Waals surface area (Å²) in [4.78, 5) is 29.5. The zero-order valence-electron chi connectivity index (χ0n) is 24.6. The molecule has 1 heterocycles. The van der Waals surface area contributed by atoms with E-state index in [9.17, 15) is 9.59 Å². The first-order valence-electron chi connectivity index (χ1n) is 14.8. The van der Waals surface area contributed by atoms with Crippen molar-refractivity contribution in [3.8, 4) is 5.75 Å². The van der Waals surface area contributed by atoms with Crippen molar-refractivity contribution >= 4 is 11.9 Å². The van der Waals surface area contributed by atoms with Crippen LogP contribution in [-0.4, -0.2) is 67.1 Å². The Kier molecular flexibility index (Phi) is 10.2. The highest BCUT2D eigenvalue weighted by Crippen LogP contribution is 2.54. The minimum Gasteiger partial charge on any atom is -0.427 e. The number of piperidine rings is 1. The maximum atomic E-state index is 13.4. The van der Waals surface area contributed by atoms with Gasteiger partial charge < -0.3 is 14.4 Å². The maximum absolute atomic E-state index is 13.4. The molecule has 2 aromatic rings. The Hall–Kier alpha value is -2.96. The number of fused-ring (bicyclic) bond motifs is 1. The number of rotatable bonds is 12. The van der Waals surface area contributed by atoms with Gasteiger partial charge in [0.05, 0.1) is 5.60 Å². The van der Waals surface area contributed by atoms with Gasteiger partial charge in [0.1, 0.15) is 5.75 Å². The molecule has 216 valence electrons. The van der Waals surface area contributed by atoms with Crippen LogP contribution in [-0.2, 0) is 26.2 Å². The summed E-state index contributed by atoms with van der Waals surface area (Å²) < 4.78 is 12.0. The van der Waals surface area contributed by atoms with Crippen molar-refractivity contribution in [2.45, 2.75) is 81.8 Å². The Morgan fingerprint density at radius 3 is 2.62 bits per heavy atom. The van der Waals surface area contributed by atoms with E-state index >= 15 is 0 Å². The van der Waals surface area contributed by atoms with Crippen LogP contribution in [0.1, 0.15) is 69.4 Å². The van der Waals surface area contributed by atoms with Crippen LogP contribution in [0.15, 0.2) is 67.3 Å². The van der Waals surface area contributed by atoms with E-state index in [-0.39, 0.29) is 23.3 Å². The van der Waals surface area contributed by atoms with Gasteiger partial charge >= 0.3 is 5.97 Å². The third-order valence-corrected chi connectivity index (χ3v) is 9.24. The third kappa shape index (κ3) is 6.67. The van der Waals surface area contributed by atoms with Gasteiger partial charge in [0.2, 0.25) is 5.91 Å². The number of esters is 1. The molecule has 0 N–H and O–H groups in total. The van der Waals surface area contributed by atoms with Gasteiger partial charge in [-0.05, 0) is 74.8 Å². The Labute approximate surface area is 240 Å². The molecule has 2 aromatic carbocycles. The van der Waals surface area contributed by atoms with Gasteiger partial charge in [0.15, 0.2) is 0 Å². The van der Waals surface area contributed by atoms with Gasteiger partial charge in [-0.25, -0.2) is 0 Å². The molecule has 1 aliphatic carbocycles. The maximum Gasteiger partial charge on any atom is 0.308 e. The molecule has 0 radical (unpaired) electrons. The van der Waals surface area contributed by atoms with Crippen LogP contribution in [0.4, 0.5) is 0 Å². The third-order valence-electron chi connectivity index (χ3n) is 9.24. The van der Waals surface area contributed by atoms with E-state index in [0.29, 0.717) is 12.2 Å². The van der Waals surface area contributed by atoms with Gasteiger partial charge in [-0.1, -0.05) is 55.0 Å². The molecule has 2 fully saturated rings. The molecule has 2 aliphatic rings. The lowest BCUT2D eigenvalue weighted by Crippen LogP contribution is -2.68. The zero-order chi connectivity index (χ0) is 28.6. The first-order chi connectivity index (χ1) is 19.3. The summed E-state index contributed by atoms with van der Waals surface area (Å²) in [6.45, 7) is 7.92. The van der Waals surface area contributed by atoms with Crippen molar-refractivity contribution in [2.75, 3.05) is 33.8 Å². The predicted molar refractivity (Wildman–Crippen MR) is 159 cm³/mol. The van der Waals surface area contributed by atoms with Crippen molar-refractivity contribution in [2.24, 2.45) is 0 Å². The highest BCUT2D eigenvalue weighted by molar-refractivity contribution is 5.76. The fourth-order valence-electron chi connectivity index (χ4n) is 7.07. The molecule has 4 rings (SSSR count). The summed E-state index contributed by atoms with van der Waals surface area (Å²) in [7, 11) is 3.80. The van der Waals surface area contributed by atoms with Crippen LogP contribution < -0.4 is 4.74 Å². The molecule has 6 nitrogen and oxygen atoms in total. The first kappa shape index (κ1) is 30.0. The number of ether oxygens (including phenoxy) is 2. The summed E-state index contributed by atoms with van der Waals surface area (Å²) in [5, 5.41) is 0. The highest BCUT2D eigenvalue weighted by Gasteiger charge is 2.59. The lowest BCUT2D eigenvalue weighted by molar-refractivity contribution is -0.159. The summed E-state index contributed by atoms with van der Waals surface area (Å²) in [6.07, 6.45) is 10.1. The van der Waals surface area contributed by atoms with Crippen LogP contribution in [0.5, 0.6) is 5.75 Å². The number of carbonyl (C=O) groups excluding carboxylic acids is 2. The Morgan fingerprint density at radius 2 is 1.90 bits per heavy atom. The molecule has 0 spiro atoms. The van der Waals surface area contributed by atoms with Gasteiger partial charge in [-0.15, -0.1) is 6.58 Å². The van der Waals surface area contributed by atoms with E-state index in [1.165, 1.54) is 12.5 Å². The van der Waals surface area contributed by atoms with Gasteiger partial charge in [0, 0.05) is 52.0 Å². The second-order valence-electron chi connectivity index (χ2n) is 11.6. The molecular weight excluding hydrogens is 500 g/mol. The van der Waals surface area contributed by atoms with E-state index in [4.69, 9.17) is 9.47 Å². The van der Waals surface area contributed by atoms with E-state index in [1.54, 1.807) is 0 Å². The molecule has 1 aliphatic heterocycles. The number of unbranched alkanes of at least 4 members (excludes halogenated alkanes) is 2. The lowest BCUT2D eigenvalue weighted by atomic mass is 9.55. The summed E-state index contributed by atoms with van der Waals surface area (Å²) in [5.74, 6) is 0.451. The average Bonchev–Trinajstić information content (AvgIpc) is 2.96. The number of amides is 1. The number of hydrogen-bond donors (Lipinski definition) is 0. The smallest absolute Gasteiger partial charge is 0.308 e. The van der Waals surface area contributed by atoms with Crippen LogP contribution in [0.25, 0.3) is 0 Å². The second-order valence-corrected chi connectivity index (χ2v) is 11.6. The predicted octanol–water partition coefficient (Wildman–Crippen LogP) is 5.94. The first-order valence-corrected chi connectivity index (χ1v) is 14.8. The minimum absolute atomic E-state index is 0.128. The van der Waals surface area contributed by atoms with Crippen molar-refractivity contribution in [3.63, 3.8) is 0 Å². The normalized spacial score (nSPS) is 24.6. The molecule has 0 bridgehead atoms. The van der Waals surface area contributed by atoms with E-state index < -0.39 is 5.60 Å². The molecule has 1 amide bonds. The summed E-state index contributed by atoms with van der Waals surface area (Å²) in [5.41, 5.74) is 1.78. The SMILES string of the molecule is C=CCN1CC[C@@]2(c3cccc(OC(C)=O)c3)C[C@@H](N(C)C(=O)CCCCCc3ccccc3)CC[C@]2(OC)C1. The fraction of sp³-hybridized carbons (Fsp3) is 0.529. The van der Waals surface area contributed by atoms with Crippen molar-refractivity contribution in [3.05, 3.63) is 78.4 Å². The molecule has 1 saturated heterocycles. The molecule has 0 aromatic heterocycles. The molecule has 3 atom stereocenters. The number of methoxy groups -OCH3 is 1. The number of nitrogens with zero attached hydrogens (tertiary/aromatic N) is 2. The van der Waals surface area contributed by atoms with Crippen molar-refractivity contribution < 1.29 is 19.1 Å². The van der Waals surface area contributed by atoms with Gasteiger partial charge in [0.25, 0.3) is 0 Å². The molecular formula is C34H46N2O4. The number of hydrogen-bond acceptors (Lipinski definition) is 5. The number of likely N-dealkylation sites (tertiary alicyclic amines) is 1. The Morgan fingerprint density at radius 1 is 1.10 bits per heavy atom. The average molecular weight is 547 g/mol. The van der Waals surface area contributed by atoms with Crippen molar-refractivity contribution in [1.82, 2.24) is 9.80 Å². The largest absolute Gasteiger partial charge is 0.427 e. The lowest BCUT2D eigenvalue weighted by Gasteiger charge is -2.60. The number of carbonyl (C=O) groups is 2. The molecule has 40 heavy (non-hydrogen) atoms. The van der Waals surface area contributed by atoms with Crippen LogP contribution in [0.3, 0.4) is 0 Å². The van der Waals surface area contributed by atoms with E-state index in [1.807, 2.05) is 49.4 Å². The van der Waals surface area contributed by atoms with Crippen LogP contribution in [0, 0.1) is 0 Å².